The minimum atomic E-state index is -1.61. The van der Waals surface area contributed by atoms with Gasteiger partial charge in [-0.25, -0.2) is 18.0 Å². The third-order valence-corrected chi connectivity index (χ3v) is 1.51. The van der Waals surface area contributed by atoms with E-state index in [1.54, 1.807) is 0 Å². The van der Waals surface area contributed by atoms with Gasteiger partial charge in [-0.1, -0.05) is 0 Å². The Morgan fingerprint density at radius 2 is 1.86 bits per heavy atom. The van der Waals surface area contributed by atoms with Gasteiger partial charge >= 0.3 is 6.03 Å². The van der Waals surface area contributed by atoms with E-state index in [2.05, 4.69) is 5.32 Å². The Morgan fingerprint density at radius 1 is 1.21 bits per heavy atom. The third-order valence-electron chi connectivity index (χ3n) is 1.51. The molecule has 2 amide bonds. The molecule has 1 aromatic carbocycles. The van der Waals surface area contributed by atoms with E-state index in [1.807, 2.05) is 5.32 Å². The maximum absolute atomic E-state index is 12.9. The zero-order valence-electron chi connectivity index (χ0n) is 7.20. The van der Waals surface area contributed by atoms with Crippen molar-refractivity contribution in [2.75, 3.05) is 12.4 Å². The van der Waals surface area contributed by atoms with Crippen molar-refractivity contribution >= 4 is 11.7 Å². The van der Waals surface area contributed by atoms with Crippen molar-refractivity contribution in [2.45, 2.75) is 0 Å². The summed E-state index contributed by atoms with van der Waals surface area (Å²) in [5.41, 5.74) is -0.414. The lowest BCUT2D eigenvalue weighted by atomic mass is 10.3. The lowest BCUT2D eigenvalue weighted by Crippen LogP contribution is -2.25. The standard InChI is InChI=1S/C8H7F3N2O/c1-12-8(14)13-5-3-2-4(9)6(10)7(5)11/h2-3H,1H3,(H2,12,13,14). The van der Waals surface area contributed by atoms with Crippen LogP contribution in [0.1, 0.15) is 0 Å². The molecule has 0 heterocycles. The van der Waals surface area contributed by atoms with Gasteiger partial charge in [-0.05, 0) is 12.1 Å². The second kappa shape index (κ2) is 3.99. The number of carbonyl (C=O) groups is 1. The highest BCUT2D eigenvalue weighted by molar-refractivity contribution is 5.89. The molecule has 0 aromatic heterocycles. The topological polar surface area (TPSA) is 41.1 Å². The van der Waals surface area contributed by atoms with Crippen LogP contribution in [-0.4, -0.2) is 13.1 Å². The quantitative estimate of drug-likeness (QED) is 0.673. The molecule has 0 radical (unpaired) electrons. The van der Waals surface area contributed by atoms with Crippen LogP contribution >= 0.6 is 0 Å². The van der Waals surface area contributed by atoms with Crippen LogP contribution in [0.25, 0.3) is 0 Å². The van der Waals surface area contributed by atoms with E-state index in [1.165, 1.54) is 7.05 Å². The maximum Gasteiger partial charge on any atom is 0.319 e. The molecule has 0 saturated carbocycles. The number of halogens is 3. The molecule has 0 bridgehead atoms. The van der Waals surface area contributed by atoms with E-state index < -0.39 is 29.2 Å². The molecule has 14 heavy (non-hydrogen) atoms. The van der Waals surface area contributed by atoms with E-state index in [9.17, 15) is 18.0 Å². The summed E-state index contributed by atoms with van der Waals surface area (Å²) >= 11 is 0. The molecule has 76 valence electrons. The number of anilines is 1. The molecule has 0 aliphatic rings. The third kappa shape index (κ3) is 1.95. The molecule has 3 nitrogen and oxygen atoms in total. The SMILES string of the molecule is CNC(=O)Nc1ccc(F)c(F)c1F. The predicted octanol–water partition coefficient (Wildman–Crippen LogP) is 1.86. The number of hydrogen-bond acceptors (Lipinski definition) is 1. The van der Waals surface area contributed by atoms with Crippen LogP contribution in [0.2, 0.25) is 0 Å². The van der Waals surface area contributed by atoms with Gasteiger partial charge in [0.15, 0.2) is 17.5 Å². The molecular weight excluding hydrogens is 197 g/mol. The first kappa shape index (κ1) is 10.4. The van der Waals surface area contributed by atoms with Crippen LogP contribution in [0.5, 0.6) is 0 Å². The Balaban J connectivity index is 3.00. The van der Waals surface area contributed by atoms with Gasteiger partial charge < -0.3 is 10.6 Å². The summed E-state index contributed by atoms with van der Waals surface area (Å²) in [6.45, 7) is 0. The van der Waals surface area contributed by atoms with Crippen molar-refractivity contribution in [3.8, 4) is 0 Å². The van der Waals surface area contributed by atoms with Crippen LogP contribution in [0.3, 0.4) is 0 Å². The van der Waals surface area contributed by atoms with Gasteiger partial charge in [-0.3, -0.25) is 0 Å². The predicted molar refractivity (Wildman–Crippen MR) is 44.4 cm³/mol. The van der Waals surface area contributed by atoms with Gasteiger partial charge in [0, 0.05) is 7.05 Å². The fraction of sp³-hybridized carbons (Fsp3) is 0.125. The van der Waals surface area contributed by atoms with E-state index in [-0.39, 0.29) is 0 Å². The molecule has 0 atom stereocenters. The van der Waals surface area contributed by atoms with Gasteiger partial charge in [0.2, 0.25) is 0 Å². The molecule has 6 heteroatoms. The molecule has 1 rings (SSSR count). The lowest BCUT2D eigenvalue weighted by Gasteiger charge is -2.05. The fourth-order valence-electron chi connectivity index (χ4n) is 0.807. The zero-order valence-corrected chi connectivity index (χ0v) is 7.20. The van der Waals surface area contributed by atoms with Crippen LogP contribution in [0.15, 0.2) is 12.1 Å². The molecule has 0 aliphatic heterocycles. The monoisotopic (exact) mass is 204 g/mol. The fourth-order valence-corrected chi connectivity index (χ4v) is 0.807. The number of rotatable bonds is 1. The molecule has 0 spiro atoms. The smallest absolute Gasteiger partial charge is 0.319 e. The van der Waals surface area contributed by atoms with Gasteiger partial charge in [-0.2, -0.15) is 0 Å². The number of nitrogens with one attached hydrogen (secondary N) is 2. The molecule has 0 aliphatic carbocycles. The average molecular weight is 204 g/mol. The van der Waals surface area contributed by atoms with E-state index in [0.717, 1.165) is 12.1 Å². The van der Waals surface area contributed by atoms with Crippen molar-refractivity contribution in [3.05, 3.63) is 29.6 Å². The van der Waals surface area contributed by atoms with Crippen molar-refractivity contribution in [1.29, 1.82) is 0 Å². The Kier molecular flexibility index (Phi) is 2.95. The van der Waals surface area contributed by atoms with Crippen molar-refractivity contribution in [1.82, 2.24) is 5.32 Å². The van der Waals surface area contributed by atoms with Crippen molar-refractivity contribution < 1.29 is 18.0 Å². The zero-order chi connectivity index (χ0) is 10.7. The molecule has 0 fully saturated rings. The summed E-state index contributed by atoms with van der Waals surface area (Å²) in [6, 6.07) is 0.946. The van der Waals surface area contributed by atoms with Gasteiger partial charge in [-0.15, -0.1) is 0 Å². The highest BCUT2D eigenvalue weighted by atomic mass is 19.2. The first-order valence-electron chi connectivity index (χ1n) is 3.68. The summed E-state index contributed by atoms with van der Waals surface area (Å²) in [5.74, 6) is -4.34. The van der Waals surface area contributed by atoms with E-state index in [4.69, 9.17) is 0 Å². The number of carbonyl (C=O) groups excluding carboxylic acids is 1. The Morgan fingerprint density at radius 3 is 2.43 bits per heavy atom. The number of hydrogen-bond donors (Lipinski definition) is 2. The first-order chi connectivity index (χ1) is 6.56. The number of benzene rings is 1. The van der Waals surface area contributed by atoms with Crippen molar-refractivity contribution in [3.63, 3.8) is 0 Å². The Labute approximate surface area is 77.9 Å². The summed E-state index contributed by atoms with van der Waals surface area (Å²) in [5, 5.41) is 4.14. The Hall–Kier alpha value is -1.72. The van der Waals surface area contributed by atoms with Crippen molar-refractivity contribution in [2.24, 2.45) is 0 Å². The molecule has 2 N–H and O–H groups in total. The van der Waals surface area contributed by atoms with Crippen LogP contribution < -0.4 is 10.6 Å². The number of amides is 2. The summed E-state index contributed by atoms with van der Waals surface area (Å²) < 4.78 is 38.0. The van der Waals surface area contributed by atoms with E-state index in [0.29, 0.717) is 0 Å². The molecular formula is C8H7F3N2O. The maximum atomic E-state index is 12.9. The lowest BCUT2D eigenvalue weighted by molar-refractivity contribution is 0.254. The average Bonchev–Trinajstić information content (AvgIpc) is 2.19. The van der Waals surface area contributed by atoms with Crippen LogP contribution in [-0.2, 0) is 0 Å². The highest BCUT2D eigenvalue weighted by Crippen LogP contribution is 2.19. The largest absolute Gasteiger partial charge is 0.341 e. The van der Waals surface area contributed by atoms with Crippen LogP contribution in [0.4, 0.5) is 23.7 Å². The summed E-state index contributed by atoms with van der Waals surface area (Å²) in [7, 11) is 1.31. The van der Waals surface area contributed by atoms with Gasteiger partial charge in [0.1, 0.15) is 0 Å². The van der Waals surface area contributed by atoms with E-state index >= 15 is 0 Å². The molecule has 0 saturated heterocycles. The number of urea groups is 1. The molecule has 1 aromatic rings. The van der Waals surface area contributed by atoms with Gasteiger partial charge in [0.25, 0.3) is 0 Å². The van der Waals surface area contributed by atoms with Gasteiger partial charge in [0.05, 0.1) is 5.69 Å². The summed E-state index contributed by atoms with van der Waals surface area (Å²) in [6.07, 6.45) is 0. The highest BCUT2D eigenvalue weighted by Gasteiger charge is 2.14. The molecule has 0 unspecified atom stereocenters. The summed E-state index contributed by atoms with van der Waals surface area (Å²) in [4.78, 5) is 10.7. The minimum absolute atomic E-state index is 0.414. The first-order valence-corrected chi connectivity index (χ1v) is 3.68. The Bertz CT molecular complexity index is 368. The van der Waals surface area contributed by atoms with Crippen LogP contribution in [0, 0.1) is 17.5 Å². The second-order valence-corrected chi connectivity index (χ2v) is 2.43. The minimum Gasteiger partial charge on any atom is -0.341 e. The second-order valence-electron chi connectivity index (χ2n) is 2.43. The normalized spacial score (nSPS) is 9.71.